The Morgan fingerprint density at radius 3 is 2.42 bits per heavy atom. The predicted molar refractivity (Wildman–Crippen MR) is 134 cm³/mol. The van der Waals surface area contributed by atoms with Crippen molar-refractivity contribution in [3.63, 3.8) is 0 Å². The van der Waals surface area contributed by atoms with E-state index in [1.807, 2.05) is 30.7 Å². The van der Waals surface area contributed by atoms with Gasteiger partial charge in [0.05, 0.1) is 18.1 Å². The number of benzene rings is 2. The van der Waals surface area contributed by atoms with Gasteiger partial charge in [0.25, 0.3) is 5.56 Å². The average Bonchev–Trinajstić information content (AvgIpc) is 3.58. The summed E-state index contributed by atoms with van der Waals surface area (Å²) in [6.07, 6.45) is 7.03. The van der Waals surface area contributed by atoms with Crippen LogP contribution in [0.3, 0.4) is 0 Å². The van der Waals surface area contributed by atoms with Crippen molar-refractivity contribution in [1.82, 2.24) is 18.7 Å². The molecule has 0 bridgehead atoms. The molecule has 1 atom stereocenters. The highest BCUT2D eigenvalue weighted by Crippen LogP contribution is 2.30. The number of ketones is 1. The van der Waals surface area contributed by atoms with Gasteiger partial charge in [0.15, 0.2) is 5.78 Å². The Hall–Kier alpha value is -4.07. The third-order valence-electron chi connectivity index (χ3n) is 6.77. The lowest BCUT2D eigenvalue weighted by molar-refractivity contribution is 0.103. The van der Waals surface area contributed by atoms with Crippen molar-refractivity contribution >= 4 is 5.78 Å². The molecule has 184 valence electrons. The van der Waals surface area contributed by atoms with Crippen molar-refractivity contribution in [1.29, 1.82) is 0 Å². The highest BCUT2D eigenvalue weighted by Gasteiger charge is 2.27. The van der Waals surface area contributed by atoms with E-state index in [4.69, 9.17) is 0 Å². The first kappa shape index (κ1) is 23.7. The van der Waals surface area contributed by atoms with E-state index < -0.39 is 28.9 Å². The summed E-state index contributed by atoms with van der Waals surface area (Å²) in [5, 5.41) is 0. The second kappa shape index (κ2) is 9.18. The summed E-state index contributed by atoms with van der Waals surface area (Å²) < 4.78 is 17.9. The van der Waals surface area contributed by atoms with Gasteiger partial charge in [-0.1, -0.05) is 12.1 Å². The number of hydrogen-bond acceptors (Lipinski definition) is 4. The van der Waals surface area contributed by atoms with Crippen molar-refractivity contribution in [2.75, 3.05) is 0 Å². The van der Waals surface area contributed by atoms with Gasteiger partial charge in [0.1, 0.15) is 11.4 Å². The molecule has 0 N–H and O–H groups in total. The number of carbonyl (C=O) groups excluding carboxylic acids is 1. The molecule has 5 rings (SSSR count). The maximum Gasteiger partial charge on any atom is 0.331 e. The Morgan fingerprint density at radius 1 is 1.08 bits per heavy atom. The maximum atomic E-state index is 13.6. The van der Waals surface area contributed by atoms with Gasteiger partial charge in [0, 0.05) is 30.2 Å². The number of aryl methyl sites for hydroxylation is 2. The molecule has 0 aliphatic heterocycles. The SMILES string of the molecule is Cc1cn(-c2ccc(C(=O)c3cn(CC4CC4)c(=O)n(C(C)c4ccc(F)cc4)c3=O)cc2C)cn1. The number of imidazole rings is 1. The van der Waals surface area contributed by atoms with E-state index in [2.05, 4.69) is 4.98 Å². The summed E-state index contributed by atoms with van der Waals surface area (Å²) in [5.74, 6) is -0.489. The fourth-order valence-corrected chi connectivity index (χ4v) is 4.51. The first-order chi connectivity index (χ1) is 17.2. The minimum atomic E-state index is -0.669. The van der Waals surface area contributed by atoms with E-state index in [9.17, 15) is 18.8 Å². The van der Waals surface area contributed by atoms with Gasteiger partial charge in [-0.3, -0.25) is 18.7 Å². The summed E-state index contributed by atoms with van der Waals surface area (Å²) in [6, 6.07) is 10.3. The number of halogens is 1. The molecule has 36 heavy (non-hydrogen) atoms. The lowest BCUT2D eigenvalue weighted by Gasteiger charge is -2.18. The zero-order valence-electron chi connectivity index (χ0n) is 20.4. The largest absolute Gasteiger partial charge is 0.331 e. The Kier molecular flexibility index (Phi) is 6.04. The molecule has 1 unspecified atom stereocenters. The van der Waals surface area contributed by atoms with Crippen LogP contribution in [-0.2, 0) is 6.54 Å². The first-order valence-electron chi connectivity index (χ1n) is 12.0. The number of aromatic nitrogens is 4. The van der Waals surface area contributed by atoms with Crippen LogP contribution in [0.1, 0.15) is 58.5 Å². The third kappa shape index (κ3) is 4.46. The van der Waals surface area contributed by atoms with Crippen molar-refractivity contribution in [2.45, 2.75) is 46.2 Å². The highest BCUT2D eigenvalue weighted by atomic mass is 19.1. The minimum Gasteiger partial charge on any atom is -0.306 e. The van der Waals surface area contributed by atoms with Crippen LogP contribution in [0.4, 0.5) is 4.39 Å². The number of hydrogen-bond donors (Lipinski definition) is 0. The standard InChI is InChI=1S/C28H27FN4O3/c1-17-12-22(8-11-25(17)32-13-18(2)30-16-32)26(34)24-15-31(14-20-4-5-20)28(36)33(27(24)35)19(3)21-6-9-23(29)10-7-21/h6-13,15-16,19-20H,4-5,14H2,1-3H3. The summed E-state index contributed by atoms with van der Waals surface area (Å²) >= 11 is 0. The van der Waals surface area contributed by atoms with E-state index in [0.29, 0.717) is 23.6 Å². The van der Waals surface area contributed by atoms with Crippen LogP contribution in [0.2, 0.25) is 0 Å². The maximum absolute atomic E-state index is 13.6. The normalized spacial score (nSPS) is 14.1. The van der Waals surface area contributed by atoms with E-state index >= 15 is 0 Å². The van der Waals surface area contributed by atoms with E-state index in [0.717, 1.165) is 34.4 Å². The van der Waals surface area contributed by atoms with Gasteiger partial charge >= 0.3 is 5.69 Å². The van der Waals surface area contributed by atoms with Crippen molar-refractivity contribution < 1.29 is 9.18 Å². The molecular weight excluding hydrogens is 459 g/mol. The molecule has 8 heteroatoms. The molecule has 0 spiro atoms. The fraction of sp³-hybridized carbons (Fsp3) is 0.286. The minimum absolute atomic E-state index is 0.0603. The summed E-state index contributed by atoms with van der Waals surface area (Å²) in [6.45, 7) is 5.95. The Balaban J connectivity index is 1.59. The van der Waals surface area contributed by atoms with Gasteiger partial charge in [-0.15, -0.1) is 0 Å². The number of rotatable bonds is 7. The van der Waals surface area contributed by atoms with Crippen LogP contribution in [0.15, 0.2) is 70.8 Å². The van der Waals surface area contributed by atoms with Crippen LogP contribution in [0.25, 0.3) is 5.69 Å². The zero-order chi connectivity index (χ0) is 25.6. The lowest BCUT2D eigenvalue weighted by atomic mass is 10.0. The Labute approximate surface area is 207 Å². The summed E-state index contributed by atoms with van der Waals surface area (Å²) in [7, 11) is 0. The molecule has 4 aromatic rings. The van der Waals surface area contributed by atoms with E-state index in [1.165, 1.54) is 22.9 Å². The first-order valence-corrected chi connectivity index (χ1v) is 12.0. The second-order valence-electron chi connectivity index (χ2n) is 9.58. The van der Waals surface area contributed by atoms with Crippen LogP contribution in [0, 0.1) is 25.6 Å². The van der Waals surface area contributed by atoms with Gasteiger partial charge in [0.2, 0.25) is 0 Å². The molecule has 0 radical (unpaired) electrons. The molecule has 2 heterocycles. The van der Waals surface area contributed by atoms with Crippen molar-refractivity contribution in [3.05, 3.63) is 116 Å². The average molecular weight is 487 g/mol. The van der Waals surface area contributed by atoms with E-state index in [1.54, 1.807) is 37.5 Å². The number of carbonyl (C=O) groups is 1. The molecule has 1 aliphatic rings. The third-order valence-corrected chi connectivity index (χ3v) is 6.77. The molecule has 2 aromatic heterocycles. The topological polar surface area (TPSA) is 78.9 Å². The molecule has 7 nitrogen and oxygen atoms in total. The molecular formula is C28H27FN4O3. The predicted octanol–water partition coefficient (Wildman–Crippen LogP) is 4.20. The van der Waals surface area contributed by atoms with Gasteiger partial charge in [-0.2, -0.15) is 0 Å². The second-order valence-corrected chi connectivity index (χ2v) is 9.58. The Bertz CT molecular complexity index is 1580. The molecule has 0 saturated heterocycles. The van der Waals surface area contributed by atoms with Gasteiger partial charge in [-0.25, -0.2) is 14.2 Å². The Morgan fingerprint density at radius 2 is 1.81 bits per heavy atom. The molecule has 1 fully saturated rings. The smallest absolute Gasteiger partial charge is 0.306 e. The van der Waals surface area contributed by atoms with Gasteiger partial charge < -0.3 is 4.57 Å². The van der Waals surface area contributed by atoms with Crippen LogP contribution < -0.4 is 11.2 Å². The summed E-state index contributed by atoms with van der Waals surface area (Å²) in [4.78, 5) is 44.7. The zero-order valence-corrected chi connectivity index (χ0v) is 20.4. The lowest BCUT2D eigenvalue weighted by Crippen LogP contribution is -2.44. The highest BCUT2D eigenvalue weighted by molar-refractivity contribution is 6.08. The fourth-order valence-electron chi connectivity index (χ4n) is 4.51. The molecule has 0 amide bonds. The van der Waals surface area contributed by atoms with Crippen LogP contribution in [0.5, 0.6) is 0 Å². The van der Waals surface area contributed by atoms with Crippen LogP contribution in [-0.4, -0.2) is 24.5 Å². The molecule has 1 aliphatic carbocycles. The summed E-state index contributed by atoms with van der Waals surface area (Å²) in [5.41, 5.74) is 2.40. The van der Waals surface area contributed by atoms with E-state index in [-0.39, 0.29) is 5.56 Å². The quantitative estimate of drug-likeness (QED) is 0.367. The molecule has 1 saturated carbocycles. The van der Waals surface area contributed by atoms with Crippen molar-refractivity contribution in [3.8, 4) is 5.69 Å². The van der Waals surface area contributed by atoms with Crippen molar-refractivity contribution in [2.24, 2.45) is 5.92 Å². The van der Waals surface area contributed by atoms with Crippen LogP contribution >= 0.6 is 0 Å². The molecule has 2 aromatic carbocycles. The van der Waals surface area contributed by atoms with Gasteiger partial charge in [-0.05, 0) is 81.0 Å². The monoisotopic (exact) mass is 486 g/mol. The number of nitrogens with zero attached hydrogens (tertiary/aromatic N) is 4.